The Balaban J connectivity index is 0.00000225. The standard InChI is InChI=1S/C24H30N2O.ClH/c1-16-10-11-17(2)24(18(16)3)27-14-6-7-19-15-25-13-12-22-23(19)20-8-4-5-9-21(20)26-22;/h4-5,8-11,19,25-26H,6-7,12-15H2,1-3H3;1H. The van der Waals surface area contributed by atoms with E-state index in [0.29, 0.717) is 5.92 Å². The lowest BCUT2D eigenvalue weighted by Crippen LogP contribution is -2.20. The highest BCUT2D eigenvalue weighted by Crippen LogP contribution is 2.34. The van der Waals surface area contributed by atoms with Crippen LogP contribution in [0.5, 0.6) is 5.75 Å². The molecule has 1 aliphatic heterocycles. The van der Waals surface area contributed by atoms with Crippen LogP contribution in [0.2, 0.25) is 0 Å². The minimum absolute atomic E-state index is 0. The van der Waals surface area contributed by atoms with Gasteiger partial charge in [0, 0.05) is 36.1 Å². The quantitative estimate of drug-likeness (QED) is 0.548. The monoisotopic (exact) mass is 398 g/mol. The van der Waals surface area contributed by atoms with Gasteiger partial charge in [0.2, 0.25) is 0 Å². The number of aromatic nitrogens is 1. The van der Waals surface area contributed by atoms with E-state index in [9.17, 15) is 0 Å². The fraction of sp³-hybridized carbons (Fsp3) is 0.417. The van der Waals surface area contributed by atoms with Crippen molar-refractivity contribution in [2.75, 3.05) is 19.7 Å². The van der Waals surface area contributed by atoms with Gasteiger partial charge in [-0.3, -0.25) is 0 Å². The average Bonchev–Trinajstić information content (AvgIpc) is 2.92. The van der Waals surface area contributed by atoms with Crippen molar-refractivity contribution >= 4 is 23.3 Å². The molecule has 0 fully saturated rings. The molecule has 1 aromatic heterocycles. The van der Waals surface area contributed by atoms with E-state index in [4.69, 9.17) is 4.74 Å². The molecule has 4 rings (SSSR count). The Hall–Kier alpha value is -1.97. The Bertz CT molecular complexity index is 947. The molecule has 0 aliphatic carbocycles. The smallest absolute Gasteiger partial charge is 0.125 e. The van der Waals surface area contributed by atoms with Gasteiger partial charge in [-0.1, -0.05) is 30.3 Å². The van der Waals surface area contributed by atoms with Crippen molar-refractivity contribution in [1.82, 2.24) is 10.3 Å². The SMILES string of the molecule is Cc1ccc(C)c(OCCCC2CNCCc3[nH]c4ccccc4c32)c1C.Cl. The Kier molecular flexibility index (Phi) is 6.69. The van der Waals surface area contributed by atoms with Crippen molar-refractivity contribution in [2.45, 2.75) is 46.0 Å². The molecule has 3 nitrogen and oxygen atoms in total. The number of hydrogen-bond acceptors (Lipinski definition) is 2. The van der Waals surface area contributed by atoms with E-state index in [-0.39, 0.29) is 12.4 Å². The summed E-state index contributed by atoms with van der Waals surface area (Å²) in [5.41, 5.74) is 8.01. The zero-order chi connectivity index (χ0) is 18.8. The van der Waals surface area contributed by atoms with Crippen molar-refractivity contribution in [3.05, 3.63) is 64.3 Å². The number of para-hydroxylation sites is 1. The molecule has 0 bridgehead atoms. The molecular weight excluding hydrogens is 368 g/mol. The zero-order valence-electron chi connectivity index (χ0n) is 17.1. The van der Waals surface area contributed by atoms with Gasteiger partial charge in [-0.15, -0.1) is 12.4 Å². The number of hydrogen-bond donors (Lipinski definition) is 2. The second-order valence-electron chi connectivity index (χ2n) is 7.86. The lowest BCUT2D eigenvalue weighted by Gasteiger charge is -2.18. The summed E-state index contributed by atoms with van der Waals surface area (Å²) in [5.74, 6) is 1.61. The number of ether oxygens (including phenoxy) is 1. The van der Waals surface area contributed by atoms with Crippen LogP contribution < -0.4 is 10.1 Å². The lowest BCUT2D eigenvalue weighted by molar-refractivity contribution is 0.297. The molecule has 2 N–H and O–H groups in total. The Morgan fingerprint density at radius 1 is 1.04 bits per heavy atom. The summed E-state index contributed by atoms with van der Waals surface area (Å²) in [5, 5.41) is 5.01. The molecule has 3 aromatic rings. The molecule has 2 heterocycles. The van der Waals surface area contributed by atoms with Gasteiger partial charge < -0.3 is 15.0 Å². The number of halogens is 1. The molecule has 0 radical (unpaired) electrons. The molecule has 28 heavy (non-hydrogen) atoms. The molecular formula is C24H31ClN2O. The van der Waals surface area contributed by atoms with Crippen LogP contribution in [0, 0.1) is 20.8 Å². The molecule has 1 unspecified atom stereocenters. The molecule has 150 valence electrons. The maximum atomic E-state index is 6.20. The van der Waals surface area contributed by atoms with E-state index in [1.54, 1.807) is 0 Å². The fourth-order valence-corrected chi connectivity index (χ4v) is 4.37. The van der Waals surface area contributed by atoms with Crippen LogP contribution in [0.25, 0.3) is 10.9 Å². The van der Waals surface area contributed by atoms with Gasteiger partial charge in [-0.05, 0) is 67.9 Å². The highest BCUT2D eigenvalue weighted by atomic mass is 35.5. The predicted octanol–water partition coefficient (Wildman–Crippen LogP) is 5.60. The average molecular weight is 399 g/mol. The van der Waals surface area contributed by atoms with Gasteiger partial charge in [0.15, 0.2) is 0 Å². The molecule has 2 aromatic carbocycles. The molecule has 1 atom stereocenters. The first-order chi connectivity index (χ1) is 13.1. The van der Waals surface area contributed by atoms with Crippen molar-refractivity contribution in [2.24, 2.45) is 0 Å². The number of rotatable bonds is 5. The molecule has 0 saturated heterocycles. The summed E-state index contributed by atoms with van der Waals surface area (Å²) in [6, 6.07) is 13.1. The third-order valence-electron chi connectivity index (χ3n) is 6.00. The van der Waals surface area contributed by atoms with Crippen LogP contribution in [0.15, 0.2) is 36.4 Å². The maximum Gasteiger partial charge on any atom is 0.125 e. The summed E-state index contributed by atoms with van der Waals surface area (Å²) >= 11 is 0. The molecule has 0 spiro atoms. The maximum absolute atomic E-state index is 6.20. The zero-order valence-corrected chi connectivity index (χ0v) is 17.9. The second-order valence-corrected chi connectivity index (χ2v) is 7.86. The number of aryl methyl sites for hydroxylation is 2. The van der Waals surface area contributed by atoms with Gasteiger partial charge in [-0.25, -0.2) is 0 Å². The number of fused-ring (bicyclic) bond motifs is 3. The molecule has 4 heteroatoms. The lowest BCUT2D eigenvalue weighted by atomic mass is 9.92. The van der Waals surface area contributed by atoms with Gasteiger partial charge in [0.05, 0.1) is 6.61 Å². The van der Waals surface area contributed by atoms with Gasteiger partial charge >= 0.3 is 0 Å². The first kappa shape index (κ1) is 20.8. The Labute approximate surface area is 174 Å². The van der Waals surface area contributed by atoms with Crippen molar-refractivity contribution in [3.8, 4) is 5.75 Å². The normalized spacial score (nSPS) is 16.3. The summed E-state index contributed by atoms with van der Waals surface area (Å²) in [4.78, 5) is 3.65. The van der Waals surface area contributed by atoms with Crippen LogP contribution in [0.4, 0.5) is 0 Å². The first-order valence-corrected chi connectivity index (χ1v) is 10.1. The van der Waals surface area contributed by atoms with Crippen LogP contribution in [0.3, 0.4) is 0 Å². The topological polar surface area (TPSA) is 37.0 Å². The summed E-state index contributed by atoms with van der Waals surface area (Å²) in [6.45, 7) is 9.32. The van der Waals surface area contributed by atoms with Crippen molar-refractivity contribution < 1.29 is 4.74 Å². The summed E-state index contributed by atoms with van der Waals surface area (Å²) in [7, 11) is 0. The third kappa shape index (κ3) is 4.06. The first-order valence-electron chi connectivity index (χ1n) is 10.1. The molecule has 0 saturated carbocycles. The highest BCUT2D eigenvalue weighted by molar-refractivity contribution is 5.85. The molecule has 1 aliphatic rings. The van der Waals surface area contributed by atoms with E-state index in [0.717, 1.165) is 44.7 Å². The van der Waals surface area contributed by atoms with Gasteiger partial charge in [-0.2, -0.15) is 0 Å². The minimum atomic E-state index is 0. The van der Waals surface area contributed by atoms with E-state index >= 15 is 0 Å². The van der Waals surface area contributed by atoms with Gasteiger partial charge in [0.25, 0.3) is 0 Å². The summed E-state index contributed by atoms with van der Waals surface area (Å²) in [6.07, 6.45) is 3.29. The number of H-pyrrole nitrogens is 1. The van der Waals surface area contributed by atoms with E-state index in [1.165, 1.54) is 38.9 Å². The number of nitrogens with one attached hydrogen (secondary N) is 2. The van der Waals surface area contributed by atoms with Gasteiger partial charge in [0.1, 0.15) is 5.75 Å². The van der Waals surface area contributed by atoms with Crippen LogP contribution in [-0.4, -0.2) is 24.7 Å². The van der Waals surface area contributed by atoms with E-state index < -0.39 is 0 Å². The van der Waals surface area contributed by atoms with E-state index in [1.807, 2.05) is 0 Å². The largest absolute Gasteiger partial charge is 0.493 e. The number of benzene rings is 2. The van der Waals surface area contributed by atoms with Crippen LogP contribution >= 0.6 is 12.4 Å². The van der Waals surface area contributed by atoms with Crippen molar-refractivity contribution in [3.63, 3.8) is 0 Å². The molecule has 0 amide bonds. The predicted molar refractivity (Wildman–Crippen MR) is 120 cm³/mol. The van der Waals surface area contributed by atoms with Crippen molar-refractivity contribution in [1.29, 1.82) is 0 Å². The summed E-state index contributed by atoms with van der Waals surface area (Å²) < 4.78 is 6.20. The highest BCUT2D eigenvalue weighted by Gasteiger charge is 2.22. The Morgan fingerprint density at radius 3 is 2.68 bits per heavy atom. The second kappa shape index (κ2) is 9.02. The van der Waals surface area contributed by atoms with E-state index in [2.05, 4.69) is 67.5 Å². The van der Waals surface area contributed by atoms with Crippen LogP contribution in [0.1, 0.15) is 46.7 Å². The minimum Gasteiger partial charge on any atom is -0.493 e. The fourth-order valence-electron chi connectivity index (χ4n) is 4.37. The van der Waals surface area contributed by atoms with Crippen LogP contribution in [-0.2, 0) is 6.42 Å². The number of aromatic amines is 1. The third-order valence-corrected chi connectivity index (χ3v) is 6.00. The Morgan fingerprint density at radius 2 is 1.82 bits per heavy atom.